The molecule has 0 spiro atoms. The minimum absolute atomic E-state index is 0.335. The fraction of sp³-hybridized carbons (Fsp3) is 0.667. The molecule has 4 nitrogen and oxygen atoms in total. The second-order valence-electron chi connectivity index (χ2n) is 1.84. The quantitative estimate of drug-likeness (QED) is 0.575. The number of nitrogens with one attached hydrogen (secondary N) is 2. The molecule has 0 aliphatic heterocycles. The fourth-order valence-corrected chi connectivity index (χ4v) is 0.438. The van der Waals surface area contributed by atoms with Gasteiger partial charge in [-0.3, -0.25) is 4.79 Å². The topological polar surface area (TPSA) is 58.2 Å². The molecular weight excluding hydrogens is 132 g/mol. The lowest BCUT2D eigenvalue weighted by Crippen LogP contribution is -2.41. The van der Waals surface area contributed by atoms with Gasteiger partial charge in [0, 0.05) is 6.54 Å². The van der Waals surface area contributed by atoms with Crippen molar-refractivity contribution in [3.8, 4) is 0 Å². The molecule has 1 radical (unpaired) electrons. The summed E-state index contributed by atoms with van der Waals surface area (Å²) >= 11 is 0. The van der Waals surface area contributed by atoms with Crippen LogP contribution in [-0.4, -0.2) is 24.9 Å². The van der Waals surface area contributed by atoms with Gasteiger partial charge in [-0.25, -0.2) is 4.79 Å². The van der Waals surface area contributed by atoms with E-state index in [1.807, 2.05) is 0 Å². The van der Waals surface area contributed by atoms with Crippen molar-refractivity contribution >= 4 is 12.3 Å². The summed E-state index contributed by atoms with van der Waals surface area (Å²) in [7, 11) is 0. The predicted molar refractivity (Wildman–Crippen MR) is 37.4 cm³/mol. The van der Waals surface area contributed by atoms with Gasteiger partial charge in [0.1, 0.15) is 0 Å². The molecule has 0 bridgehead atoms. The van der Waals surface area contributed by atoms with Crippen LogP contribution in [0.5, 0.6) is 0 Å². The first kappa shape index (κ1) is 8.94. The van der Waals surface area contributed by atoms with Gasteiger partial charge in [-0.2, -0.15) is 0 Å². The minimum atomic E-state index is -0.536. The Balaban J connectivity index is 3.46. The molecule has 0 aliphatic rings. The zero-order chi connectivity index (χ0) is 7.98. The summed E-state index contributed by atoms with van der Waals surface area (Å²) in [5.74, 6) is 0. The van der Waals surface area contributed by atoms with E-state index in [1.54, 1.807) is 20.1 Å². The van der Waals surface area contributed by atoms with E-state index in [-0.39, 0.29) is 6.03 Å². The van der Waals surface area contributed by atoms with Gasteiger partial charge < -0.3 is 10.6 Å². The number of carbonyl (C=O) groups is 1. The van der Waals surface area contributed by atoms with Gasteiger partial charge in [0.15, 0.2) is 0 Å². The molecule has 2 amide bonds. The Hall–Kier alpha value is -1.06. The average Bonchev–Trinajstić information content (AvgIpc) is 1.88. The van der Waals surface area contributed by atoms with Crippen molar-refractivity contribution in [2.75, 3.05) is 6.54 Å². The number of hydrogen-bond donors (Lipinski definition) is 2. The molecule has 0 fully saturated rings. The first-order valence-corrected chi connectivity index (χ1v) is 3.12. The highest BCUT2D eigenvalue weighted by Gasteiger charge is 2.03. The van der Waals surface area contributed by atoms with Gasteiger partial charge in [-0.05, 0) is 13.8 Å². The van der Waals surface area contributed by atoms with Gasteiger partial charge in [0.2, 0.25) is 6.29 Å². The molecule has 1 atom stereocenters. The van der Waals surface area contributed by atoms with Crippen LogP contribution in [-0.2, 0) is 4.79 Å². The average molecular weight is 143 g/mol. The maximum Gasteiger partial charge on any atom is 0.315 e. The molecule has 1 unspecified atom stereocenters. The third kappa shape index (κ3) is 3.88. The maximum absolute atomic E-state index is 10.6. The largest absolute Gasteiger partial charge is 0.338 e. The minimum Gasteiger partial charge on any atom is -0.338 e. The third-order valence-electron chi connectivity index (χ3n) is 0.862. The first-order chi connectivity index (χ1) is 4.70. The molecule has 0 rings (SSSR count). The summed E-state index contributed by atoms with van der Waals surface area (Å²) < 4.78 is 0. The van der Waals surface area contributed by atoms with Crippen molar-refractivity contribution in [3.05, 3.63) is 0 Å². The Labute approximate surface area is 60.0 Å². The van der Waals surface area contributed by atoms with Crippen molar-refractivity contribution < 1.29 is 9.59 Å². The summed E-state index contributed by atoms with van der Waals surface area (Å²) in [6.07, 6.45) is 1.63. The second kappa shape index (κ2) is 4.78. The van der Waals surface area contributed by atoms with Gasteiger partial charge >= 0.3 is 6.03 Å². The zero-order valence-electron chi connectivity index (χ0n) is 6.10. The number of hydrogen-bond acceptors (Lipinski definition) is 2. The molecule has 57 valence electrons. The summed E-state index contributed by atoms with van der Waals surface area (Å²) in [5, 5.41) is 4.84. The van der Waals surface area contributed by atoms with E-state index in [0.717, 1.165) is 0 Å². The lowest BCUT2D eigenvalue weighted by atomic mass is 10.4. The molecule has 0 aromatic carbocycles. The molecule has 2 N–H and O–H groups in total. The van der Waals surface area contributed by atoms with E-state index in [2.05, 4.69) is 10.6 Å². The second-order valence-corrected chi connectivity index (χ2v) is 1.84. The highest BCUT2D eigenvalue weighted by atomic mass is 16.2. The van der Waals surface area contributed by atoms with Crippen LogP contribution >= 0.6 is 0 Å². The maximum atomic E-state index is 10.6. The Morgan fingerprint density at radius 3 is 2.70 bits per heavy atom. The number of urea groups is 1. The molecule has 4 heteroatoms. The molecule has 0 heterocycles. The van der Waals surface area contributed by atoms with Crippen molar-refractivity contribution in [2.45, 2.75) is 19.9 Å². The lowest BCUT2D eigenvalue weighted by molar-refractivity contribution is 0.240. The summed E-state index contributed by atoms with van der Waals surface area (Å²) in [6, 6.07) is -0.870. The van der Waals surface area contributed by atoms with Crippen molar-refractivity contribution in [1.29, 1.82) is 0 Å². The van der Waals surface area contributed by atoms with Gasteiger partial charge in [-0.15, -0.1) is 0 Å². The predicted octanol–water partition coefficient (Wildman–Crippen LogP) is -0.196. The first-order valence-electron chi connectivity index (χ1n) is 3.12. The number of carbonyl (C=O) groups excluding carboxylic acids is 2. The van der Waals surface area contributed by atoms with Crippen LogP contribution in [0.2, 0.25) is 0 Å². The van der Waals surface area contributed by atoms with E-state index < -0.39 is 6.04 Å². The Bertz CT molecular complexity index is 125. The molecule has 0 aromatic rings. The number of amides is 2. The van der Waals surface area contributed by atoms with Crippen molar-refractivity contribution in [3.63, 3.8) is 0 Å². The van der Waals surface area contributed by atoms with E-state index in [9.17, 15) is 9.59 Å². The third-order valence-corrected chi connectivity index (χ3v) is 0.862. The van der Waals surface area contributed by atoms with Crippen molar-refractivity contribution in [2.24, 2.45) is 0 Å². The normalized spacial score (nSPS) is 11.8. The van der Waals surface area contributed by atoms with Crippen LogP contribution in [0.3, 0.4) is 0 Å². The van der Waals surface area contributed by atoms with Crippen LogP contribution in [0.4, 0.5) is 4.79 Å². The Morgan fingerprint density at radius 1 is 1.70 bits per heavy atom. The van der Waals surface area contributed by atoms with Crippen LogP contribution in [0.1, 0.15) is 13.8 Å². The van der Waals surface area contributed by atoms with E-state index in [4.69, 9.17) is 0 Å². The number of rotatable bonds is 3. The standard InChI is InChI=1S/C6H11N2O2/c1-3-7-6(10)8-5(2)4-9/h5H,3H2,1-2H3,(H2,7,8,10). The molecule has 0 saturated heterocycles. The molecule has 0 saturated carbocycles. The van der Waals surface area contributed by atoms with Crippen molar-refractivity contribution in [1.82, 2.24) is 10.6 Å². The van der Waals surface area contributed by atoms with Crippen LogP contribution in [0.25, 0.3) is 0 Å². The lowest BCUT2D eigenvalue weighted by Gasteiger charge is -2.05. The molecule has 0 aromatic heterocycles. The molecule has 0 aliphatic carbocycles. The van der Waals surface area contributed by atoms with Gasteiger partial charge in [0.05, 0.1) is 6.04 Å². The van der Waals surface area contributed by atoms with Gasteiger partial charge in [-0.1, -0.05) is 0 Å². The highest BCUT2D eigenvalue weighted by molar-refractivity contribution is 5.77. The van der Waals surface area contributed by atoms with Crippen LogP contribution in [0, 0.1) is 0 Å². The van der Waals surface area contributed by atoms with Crippen LogP contribution in [0.15, 0.2) is 0 Å². The van der Waals surface area contributed by atoms with Gasteiger partial charge in [0.25, 0.3) is 0 Å². The van der Waals surface area contributed by atoms with E-state index in [1.165, 1.54) is 0 Å². The molecule has 10 heavy (non-hydrogen) atoms. The van der Waals surface area contributed by atoms with E-state index in [0.29, 0.717) is 6.54 Å². The summed E-state index contributed by atoms with van der Waals surface area (Å²) in [5.41, 5.74) is 0. The molecular formula is C6H11N2O2. The SMILES string of the molecule is CCNC(=O)NC(C)[C]=O. The monoisotopic (exact) mass is 143 g/mol. The highest BCUT2D eigenvalue weighted by Crippen LogP contribution is 1.72. The zero-order valence-corrected chi connectivity index (χ0v) is 6.10. The van der Waals surface area contributed by atoms with E-state index >= 15 is 0 Å². The summed E-state index contributed by atoms with van der Waals surface area (Å²) in [4.78, 5) is 20.5. The smallest absolute Gasteiger partial charge is 0.315 e. The Kier molecular flexibility index (Phi) is 4.28. The van der Waals surface area contributed by atoms with Crippen LogP contribution < -0.4 is 10.6 Å². The Morgan fingerprint density at radius 2 is 2.30 bits per heavy atom. The summed E-state index contributed by atoms with van der Waals surface area (Å²) in [6.45, 7) is 3.91. The fourth-order valence-electron chi connectivity index (χ4n) is 0.438.